The summed E-state index contributed by atoms with van der Waals surface area (Å²) in [5, 5.41) is 0. The number of rotatable bonds is 9. The summed E-state index contributed by atoms with van der Waals surface area (Å²) in [6.07, 6.45) is 2.27. The van der Waals surface area contributed by atoms with Gasteiger partial charge in [-0.25, -0.2) is 0 Å². The van der Waals surface area contributed by atoms with E-state index in [-0.39, 0.29) is 5.41 Å². The molecule has 0 aliphatic rings. The van der Waals surface area contributed by atoms with Crippen molar-refractivity contribution >= 4 is 0 Å². The fourth-order valence-electron chi connectivity index (χ4n) is 3.72. The van der Waals surface area contributed by atoms with Crippen molar-refractivity contribution in [1.82, 2.24) is 4.90 Å². The van der Waals surface area contributed by atoms with Gasteiger partial charge in [-0.15, -0.1) is 0 Å². The van der Waals surface area contributed by atoms with Crippen LogP contribution in [0.2, 0.25) is 0 Å². The van der Waals surface area contributed by atoms with Gasteiger partial charge in [0.25, 0.3) is 0 Å². The molecule has 0 heterocycles. The predicted octanol–water partition coefficient (Wildman–Crippen LogP) is 6.63. The fourth-order valence-corrected chi connectivity index (χ4v) is 3.72. The van der Waals surface area contributed by atoms with Crippen molar-refractivity contribution in [3.63, 3.8) is 0 Å². The van der Waals surface area contributed by atoms with Crippen LogP contribution < -0.4 is 4.74 Å². The summed E-state index contributed by atoms with van der Waals surface area (Å²) in [7, 11) is 1.71. The molecule has 0 aliphatic heterocycles. The summed E-state index contributed by atoms with van der Waals surface area (Å²) < 4.78 is 5.31. The van der Waals surface area contributed by atoms with Crippen LogP contribution in [0.4, 0.5) is 0 Å². The summed E-state index contributed by atoms with van der Waals surface area (Å²) in [6.45, 7) is 9.78. The molecule has 0 amide bonds. The third-order valence-corrected chi connectivity index (χ3v) is 5.57. The number of nitrogens with zero attached hydrogens (tertiary/aromatic N) is 1. The second-order valence-electron chi connectivity index (χ2n) is 9.09. The molecule has 0 saturated heterocycles. The SMILES string of the molecule is COc1ccc(CN(CCCc2ccccc2)Cc2ccc(C(C)(C)C)cc2)cc1. The zero-order chi connectivity index (χ0) is 21.4. The summed E-state index contributed by atoms with van der Waals surface area (Å²) >= 11 is 0. The fraction of sp³-hybridized carbons (Fsp3) is 0.357. The third kappa shape index (κ3) is 6.74. The van der Waals surface area contributed by atoms with E-state index in [4.69, 9.17) is 4.74 Å². The van der Waals surface area contributed by atoms with Crippen molar-refractivity contribution in [1.29, 1.82) is 0 Å². The molecule has 30 heavy (non-hydrogen) atoms. The Kier molecular flexibility index (Phi) is 7.70. The number of aryl methyl sites for hydroxylation is 1. The van der Waals surface area contributed by atoms with E-state index in [1.165, 1.54) is 22.3 Å². The van der Waals surface area contributed by atoms with Crippen LogP contribution >= 0.6 is 0 Å². The second kappa shape index (κ2) is 10.4. The first-order chi connectivity index (χ1) is 14.4. The van der Waals surface area contributed by atoms with Gasteiger partial charge in [-0.2, -0.15) is 0 Å². The highest BCUT2D eigenvalue weighted by molar-refractivity contribution is 5.29. The van der Waals surface area contributed by atoms with E-state index < -0.39 is 0 Å². The van der Waals surface area contributed by atoms with Crippen molar-refractivity contribution in [2.24, 2.45) is 0 Å². The van der Waals surface area contributed by atoms with Crippen LogP contribution in [0.1, 0.15) is 49.4 Å². The molecule has 3 rings (SSSR count). The largest absolute Gasteiger partial charge is 0.497 e. The van der Waals surface area contributed by atoms with Gasteiger partial charge in [0.1, 0.15) is 5.75 Å². The van der Waals surface area contributed by atoms with Gasteiger partial charge in [0.2, 0.25) is 0 Å². The lowest BCUT2D eigenvalue weighted by atomic mass is 9.87. The Hall–Kier alpha value is -2.58. The zero-order valence-corrected chi connectivity index (χ0v) is 18.9. The zero-order valence-electron chi connectivity index (χ0n) is 18.9. The van der Waals surface area contributed by atoms with Crippen LogP contribution in [-0.4, -0.2) is 18.6 Å². The van der Waals surface area contributed by atoms with Crippen LogP contribution in [0.25, 0.3) is 0 Å². The Morgan fingerprint density at radius 3 is 1.80 bits per heavy atom. The number of hydrogen-bond acceptors (Lipinski definition) is 2. The van der Waals surface area contributed by atoms with Crippen LogP contribution in [0.15, 0.2) is 78.9 Å². The second-order valence-corrected chi connectivity index (χ2v) is 9.09. The van der Waals surface area contributed by atoms with Crippen molar-refractivity contribution in [3.05, 3.63) is 101 Å². The Balaban J connectivity index is 1.67. The smallest absolute Gasteiger partial charge is 0.118 e. The van der Waals surface area contributed by atoms with Gasteiger partial charge in [0.05, 0.1) is 7.11 Å². The first kappa shape index (κ1) is 22.1. The van der Waals surface area contributed by atoms with Gasteiger partial charge in [-0.1, -0.05) is 87.5 Å². The van der Waals surface area contributed by atoms with Gasteiger partial charge in [-0.3, -0.25) is 4.90 Å². The highest BCUT2D eigenvalue weighted by Crippen LogP contribution is 2.23. The lowest BCUT2D eigenvalue weighted by Crippen LogP contribution is -2.24. The Morgan fingerprint density at radius 2 is 1.27 bits per heavy atom. The Labute approximate surface area is 182 Å². The maximum absolute atomic E-state index is 5.31. The molecule has 158 valence electrons. The minimum atomic E-state index is 0.191. The van der Waals surface area contributed by atoms with E-state index in [2.05, 4.69) is 105 Å². The molecule has 0 saturated carbocycles. The van der Waals surface area contributed by atoms with Gasteiger partial charge in [0.15, 0.2) is 0 Å². The molecule has 0 spiro atoms. The average Bonchev–Trinajstić information content (AvgIpc) is 2.75. The molecule has 0 atom stereocenters. The van der Waals surface area contributed by atoms with Crippen molar-refractivity contribution in [2.75, 3.05) is 13.7 Å². The minimum absolute atomic E-state index is 0.191. The van der Waals surface area contributed by atoms with Gasteiger partial charge in [-0.05, 0) is 59.2 Å². The maximum Gasteiger partial charge on any atom is 0.118 e. The number of ether oxygens (including phenoxy) is 1. The molecule has 2 heteroatoms. The van der Waals surface area contributed by atoms with Crippen molar-refractivity contribution < 1.29 is 4.74 Å². The summed E-state index contributed by atoms with van der Waals surface area (Å²) in [6, 6.07) is 28.4. The predicted molar refractivity (Wildman–Crippen MR) is 127 cm³/mol. The molecule has 2 nitrogen and oxygen atoms in total. The first-order valence-electron chi connectivity index (χ1n) is 10.9. The topological polar surface area (TPSA) is 12.5 Å². The standard InChI is InChI=1S/C28H35NO/c1-28(2,3)26-16-12-24(13-17-26)21-29(20-8-11-23-9-6-5-7-10-23)22-25-14-18-27(30-4)19-15-25/h5-7,9-10,12-19H,8,11,20-22H2,1-4H3. The van der Waals surface area contributed by atoms with E-state index in [9.17, 15) is 0 Å². The molecular weight excluding hydrogens is 366 g/mol. The lowest BCUT2D eigenvalue weighted by Gasteiger charge is -2.24. The summed E-state index contributed by atoms with van der Waals surface area (Å²) in [5.41, 5.74) is 5.68. The molecule has 0 aliphatic carbocycles. The number of methoxy groups -OCH3 is 1. The maximum atomic E-state index is 5.31. The first-order valence-corrected chi connectivity index (χ1v) is 10.9. The van der Waals surface area contributed by atoms with Gasteiger partial charge < -0.3 is 4.74 Å². The molecule has 0 fully saturated rings. The molecule has 0 radical (unpaired) electrons. The number of hydrogen-bond donors (Lipinski definition) is 0. The van der Waals surface area contributed by atoms with E-state index in [1.54, 1.807) is 7.11 Å². The van der Waals surface area contributed by atoms with E-state index in [0.717, 1.165) is 38.2 Å². The summed E-state index contributed by atoms with van der Waals surface area (Å²) in [5.74, 6) is 0.909. The molecule has 0 unspecified atom stereocenters. The van der Waals surface area contributed by atoms with E-state index >= 15 is 0 Å². The molecular formula is C28H35NO. The third-order valence-electron chi connectivity index (χ3n) is 5.57. The normalized spacial score (nSPS) is 11.6. The van der Waals surface area contributed by atoms with Gasteiger partial charge in [0, 0.05) is 13.1 Å². The molecule has 3 aromatic carbocycles. The van der Waals surface area contributed by atoms with Crippen molar-refractivity contribution in [2.45, 2.75) is 52.1 Å². The molecule has 0 N–H and O–H groups in total. The average molecular weight is 402 g/mol. The van der Waals surface area contributed by atoms with Gasteiger partial charge >= 0.3 is 0 Å². The van der Waals surface area contributed by atoms with Crippen LogP contribution in [0, 0.1) is 0 Å². The summed E-state index contributed by atoms with van der Waals surface area (Å²) in [4.78, 5) is 2.55. The Morgan fingerprint density at radius 1 is 0.700 bits per heavy atom. The van der Waals surface area contributed by atoms with Crippen molar-refractivity contribution in [3.8, 4) is 5.75 Å². The molecule has 3 aromatic rings. The van der Waals surface area contributed by atoms with Crippen LogP contribution in [0.5, 0.6) is 5.75 Å². The monoisotopic (exact) mass is 401 g/mol. The minimum Gasteiger partial charge on any atom is -0.497 e. The van der Waals surface area contributed by atoms with E-state index in [0.29, 0.717) is 0 Å². The van der Waals surface area contributed by atoms with Crippen LogP contribution in [-0.2, 0) is 24.9 Å². The quantitative estimate of drug-likeness (QED) is 0.399. The highest BCUT2D eigenvalue weighted by Gasteiger charge is 2.14. The van der Waals surface area contributed by atoms with E-state index in [1.807, 2.05) is 0 Å². The van der Waals surface area contributed by atoms with Crippen LogP contribution in [0.3, 0.4) is 0 Å². The highest BCUT2D eigenvalue weighted by atomic mass is 16.5. The Bertz CT molecular complexity index is 877. The lowest BCUT2D eigenvalue weighted by molar-refractivity contribution is 0.253. The molecule has 0 aromatic heterocycles. The molecule has 0 bridgehead atoms. The number of benzene rings is 3.